The summed E-state index contributed by atoms with van der Waals surface area (Å²) in [5.41, 5.74) is 5.58. The van der Waals surface area contributed by atoms with Crippen molar-refractivity contribution >= 4 is 94.0 Å². The molecule has 3 heterocycles. The molecule has 0 unspecified atom stereocenters. The highest BCUT2D eigenvalue weighted by Gasteiger charge is 2.31. The zero-order chi connectivity index (χ0) is 31.1. The zero-order valence-electron chi connectivity index (χ0n) is 25.2. The minimum absolute atomic E-state index is 0.774. The first kappa shape index (κ1) is 26.4. The average molecular weight is 620 g/mol. The number of imidazole rings is 1. The van der Waals surface area contributed by atoms with E-state index in [-0.39, 0.29) is 0 Å². The quantitative estimate of drug-likeness (QED) is 0.113. The monoisotopic (exact) mass is 619 g/mol. The second-order valence-electron chi connectivity index (χ2n) is 12.2. The molecule has 0 radical (unpaired) electrons. The summed E-state index contributed by atoms with van der Waals surface area (Å²) in [5, 5.41) is 9.74. The summed E-state index contributed by atoms with van der Waals surface area (Å²) in [6.07, 6.45) is 0. The molecule has 0 amide bonds. The summed E-state index contributed by atoms with van der Waals surface area (Å²) in [7, 11) is -3.36. The van der Waals surface area contributed by atoms with Crippen LogP contribution in [0.15, 0.2) is 158 Å². The fraction of sp³-hybridized carbons (Fsp3) is 0. The Morgan fingerprint density at radius 1 is 0.426 bits per heavy atom. The molecule has 7 aromatic carbocycles. The van der Waals surface area contributed by atoms with Crippen molar-refractivity contribution in [1.29, 1.82) is 0 Å². The summed E-state index contributed by atoms with van der Waals surface area (Å²) < 4.78 is 18.3. The summed E-state index contributed by atoms with van der Waals surface area (Å²) in [6.45, 7) is 0. The van der Waals surface area contributed by atoms with E-state index >= 15 is 4.57 Å². The van der Waals surface area contributed by atoms with Crippen molar-refractivity contribution in [2.45, 2.75) is 0 Å². The molecule has 3 aromatic heterocycles. The van der Waals surface area contributed by atoms with Crippen molar-refractivity contribution in [3.05, 3.63) is 158 Å². The lowest BCUT2D eigenvalue weighted by atomic mass is 10.1. The maximum absolute atomic E-state index is 16.1. The van der Waals surface area contributed by atoms with Crippen LogP contribution < -0.4 is 15.9 Å². The lowest BCUT2D eigenvalue weighted by molar-refractivity contribution is 0.592. The van der Waals surface area contributed by atoms with E-state index < -0.39 is 7.14 Å². The number of aromatic nitrogens is 3. The van der Waals surface area contributed by atoms with Gasteiger partial charge >= 0.3 is 0 Å². The predicted molar refractivity (Wildman–Crippen MR) is 197 cm³/mol. The van der Waals surface area contributed by atoms with E-state index in [0.29, 0.717) is 0 Å². The minimum atomic E-state index is -3.36. The van der Waals surface area contributed by atoms with E-state index in [4.69, 9.17) is 9.97 Å². The lowest BCUT2D eigenvalue weighted by Gasteiger charge is -2.22. The number of para-hydroxylation sites is 3. The van der Waals surface area contributed by atoms with E-state index in [1.54, 1.807) is 0 Å². The molecule has 10 aromatic rings. The van der Waals surface area contributed by atoms with E-state index in [1.165, 1.54) is 0 Å². The molecular weight excluding hydrogens is 593 g/mol. The van der Waals surface area contributed by atoms with E-state index in [0.717, 1.165) is 86.8 Å². The molecule has 10 rings (SSSR count). The first-order valence-electron chi connectivity index (χ1n) is 15.8. The van der Waals surface area contributed by atoms with Crippen LogP contribution in [0.25, 0.3) is 70.9 Å². The Kier molecular flexibility index (Phi) is 5.52. The van der Waals surface area contributed by atoms with Crippen molar-refractivity contribution in [2.75, 3.05) is 0 Å². The van der Waals surface area contributed by atoms with Crippen molar-refractivity contribution in [1.82, 2.24) is 14.4 Å². The molecule has 220 valence electrons. The third-order valence-corrected chi connectivity index (χ3v) is 12.6. The molecule has 0 aliphatic rings. The number of pyridine rings is 2. The van der Waals surface area contributed by atoms with Crippen molar-refractivity contribution in [3.63, 3.8) is 0 Å². The zero-order valence-corrected chi connectivity index (χ0v) is 26.1. The van der Waals surface area contributed by atoms with Crippen LogP contribution in [0.3, 0.4) is 0 Å². The Labute approximate surface area is 269 Å². The Bertz CT molecular complexity index is 2880. The normalized spacial score (nSPS) is 12.3. The fourth-order valence-corrected chi connectivity index (χ4v) is 9.94. The average Bonchev–Trinajstić information content (AvgIpc) is 3.53. The fourth-order valence-electron chi connectivity index (χ4n) is 7.24. The molecule has 5 heteroatoms. The van der Waals surface area contributed by atoms with Crippen LogP contribution in [0, 0.1) is 0 Å². The lowest BCUT2D eigenvalue weighted by Crippen LogP contribution is -2.25. The summed E-state index contributed by atoms with van der Waals surface area (Å²) >= 11 is 0. The van der Waals surface area contributed by atoms with Gasteiger partial charge in [0.15, 0.2) is 7.14 Å². The highest BCUT2D eigenvalue weighted by Crippen LogP contribution is 2.45. The second-order valence-corrected chi connectivity index (χ2v) is 15.0. The molecule has 0 fully saturated rings. The number of nitrogens with zero attached hydrogens (tertiary/aromatic N) is 3. The number of fused-ring (bicyclic) bond motifs is 11. The second kappa shape index (κ2) is 9.83. The Morgan fingerprint density at radius 2 is 0.979 bits per heavy atom. The van der Waals surface area contributed by atoms with Gasteiger partial charge in [-0.2, -0.15) is 0 Å². The van der Waals surface area contributed by atoms with Gasteiger partial charge in [0.1, 0.15) is 5.65 Å². The van der Waals surface area contributed by atoms with E-state index in [2.05, 4.69) is 95.4 Å². The molecule has 0 N–H and O–H groups in total. The summed E-state index contributed by atoms with van der Waals surface area (Å²) in [6, 6.07) is 53.9. The standard InChI is InChI=1S/C42H26N3OP/c46-47(32-19-17-27-9-1-3-11-29(27)23-32,33-20-18-28-10-2-4-12-30(28)24-33)34-21-22-39-35(26-34)41-36(25-31-13-5-6-14-37(31)43-41)42-44-38-15-7-8-16-40(38)45(39)42/h1-26H. The minimum Gasteiger partial charge on any atom is -0.309 e. The molecule has 0 atom stereocenters. The first-order chi connectivity index (χ1) is 23.1. The van der Waals surface area contributed by atoms with Crippen molar-refractivity contribution < 1.29 is 4.57 Å². The SMILES string of the molecule is O=P(c1ccc2ccccc2c1)(c1ccc2ccccc2c1)c1ccc2c(c1)c1nc3ccccc3cc1c1nc3ccccc3n21. The van der Waals surface area contributed by atoms with Gasteiger partial charge in [-0.25, -0.2) is 9.97 Å². The number of rotatable bonds is 3. The molecule has 0 bridgehead atoms. The highest BCUT2D eigenvalue weighted by atomic mass is 31.2. The number of hydrogen-bond donors (Lipinski definition) is 0. The van der Waals surface area contributed by atoms with E-state index in [1.807, 2.05) is 66.7 Å². The van der Waals surface area contributed by atoms with E-state index in [9.17, 15) is 0 Å². The summed E-state index contributed by atoms with van der Waals surface area (Å²) in [5.74, 6) is 0. The van der Waals surface area contributed by atoms with Gasteiger partial charge in [0.25, 0.3) is 0 Å². The molecule has 4 nitrogen and oxygen atoms in total. The molecule has 0 spiro atoms. The topological polar surface area (TPSA) is 47.3 Å². The Morgan fingerprint density at radius 3 is 1.68 bits per heavy atom. The van der Waals surface area contributed by atoms with Crippen LogP contribution in [-0.4, -0.2) is 14.4 Å². The molecule has 0 saturated heterocycles. The molecule has 0 aliphatic heterocycles. The van der Waals surface area contributed by atoms with Gasteiger partial charge in [0.05, 0.1) is 27.6 Å². The maximum Gasteiger partial charge on any atom is 0.171 e. The largest absolute Gasteiger partial charge is 0.309 e. The van der Waals surface area contributed by atoms with Crippen molar-refractivity contribution in [2.24, 2.45) is 0 Å². The molecular formula is C42H26N3OP. The third-order valence-electron chi connectivity index (χ3n) is 9.56. The Hall–Kier alpha value is -5.83. The van der Waals surface area contributed by atoms with Gasteiger partial charge in [-0.3, -0.25) is 4.40 Å². The van der Waals surface area contributed by atoms with Crippen LogP contribution in [-0.2, 0) is 4.57 Å². The van der Waals surface area contributed by atoms with Gasteiger partial charge in [-0.15, -0.1) is 0 Å². The van der Waals surface area contributed by atoms with Crippen LogP contribution in [0.4, 0.5) is 0 Å². The van der Waals surface area contributed by atoms with Crippen LogP contribution >= 0.6 is 7.14 Å². The van der Waals surface area contributed by atoms with Gasteiger partial charge in [0.2, 0.25) is 0 Å². The predicted octanol–water partition coefficient (Wildman–Crippen LogP) is 9.29. The highest BCUT2D eigenvalue weighted by molar-refractivity contribution is 7.85. The smallest absolute Gasteiger partial charge is 0.171 e. The molecule has 0 saturated carbocycles. The van der Waals surface area contributed by atoms with Gasteiger partial charge < -0.3 is 4.57 Å². The first-order valence-corrected chi connectivity index (χ1v) is 17.5. The summed E-state index contributed by atoms with van der Waals surface area (Å²) in [4.78, 5) is 10.3. The van der Waals surface area contributed by atoms with Gasteiger partial charge in [0, 0.05) is 32.1 Å². The third kappa shape index (κ3) is 3.86. The van der Waals surface area contributed by atoms with Crippen LogP contribution in [0.1, 0.15) is 0 Å². The molecule has 0 aliphatic carbocycles. The van der Waals surface area contributed by atoms with Crippen LogP contribution in [0.5, 0.6) is 0 Å². The molecule has 47 heavy (non-hydrogen) atoms. The Balaban J connectivity index is 1.34. The van der Waals surface area contributed by atoms with Gasteiger partial charge in [-0.05, 0) is 76.1 Å². The van der Waals surface area contributed by atoms with Crippen molar-refractivity contribution in [3.8, 4) is 0 Å². The maximum atomic E-state index is 16.1. The van der Waals surface area contributed by atoms with Crippen LogP contribution in [0.2, 0.25) is 0 Å². The number of hydrogen-bond acceptors (Lipinski definition) is 3. The van der Waals surface area contributed by atoms with Gasteiger partial charge in [-0.1, -0.05) is 103 Å². The number of benzene rings is 7.